The Hall–Kier alpha value is -3.36. The van der Waals surface area contributed by atoms with E-state index in [4.69, 9.17) is 14.2 Å². The molecular weight excluding hydrogens is 568 g/mol. The van der Waals surface area contributed by atoms with Gasteiger partial charge < -0.3 is 40.0 Å². The molecule has 0 bridgehead atoms. The fourth-order valence-electron chi connectivity index (χ4n) is 5.45. The molecule has 2 atom stereocenters. The van der Waals surface area contributed by atoms with E-state index in [9.17, 15) is 28.0 Å². The first-order chi connectivity index (χ1) is 20.7. The van der Waals surface area contributed by atoms with Crippen molar-refractivity contribution in [1.29, 1.82) is 0 Å². The molecule has 4 rings (SSSR count). The van der Waals surface area contributed by atoms with Crippen LogP contribution in [0.1, 0.15) is 32.1 Å². The first-order valence-electron chi connectivity index (χ1n) is 14.8. The van der Waals surface area contributed by atoms with E-state index in [2.05, 4.69) is 16.0 Å². The average Bonchev–Trinajstić information content (AvgIpc) is 3.42. The van der Waals surface area contributed by atoms with Crippen LogP contribution in [0.25, 0.3) is 0 Å². The zero-order valence-corrected chi connectivity index (χ0v) is 24.2. The third-order valence-corrected chi connectivity index (χ3v) is 7.75. The van der Waals surface area contributed by atoms with Gasteiger partial charge in [0, 0.05) is 51.1 Å². The van der Waals surface area contributed by atoms with Crippen molar-refractivity contribution in [2.75, 3.05) is 65.8 Å². The van der Waals surface area contributed by atoms with E-state index in [1.807, 2.05) is 6.07 Å². The Morgan fingerprint density at radius 2 is 1.77 bits per heavy atom. The van der Waals surface area contributed by atoms with Gasteiger partial charge >= 0.3 is 0 Å². The molecule has 1 aromatic rings. The van der Waals surface area contributed by atoms with E-state index in [0.717, 1.165) is 0 Å². The van der Waals surface area contributed by atoms with Crippen LogP contribution in [0.5, 0.6) is 5.75 Å². The van der Waals surface area contributed by atoms with Gasteiger partial charge in [-0.25, -0.2) is 8.78 Å². The standard InChI is InChI=1S/C29H41F2N5O7/c30-29(31)8-6-21(7-9-29)34-22-16-24-28(40)33-11-13-41-14-15-42-20-27(39)35(18-26(38)36(24)17-22)12-10-32-25(37)19-43-23-4-2-1-3-5-23/h1-5,21-22,24,34H,6-20H2,(H,32,37)(H,33,40)/t22-,24-/m0/s1. The Bertz CT molecular complexity index is 1090. The summed E-state index contributed by atoms with van der Waals surface area (Å²) < 4.78 is 43.6. The SMILES string of the molecule is O=C(COc1ccccc1)NCCN1CC(=O)N2C[C@@H](NC3CCC(F)(F)CC3)C[C@H]2C(=O)NCCOCCOCC1=O. The Morgan fingerprint density at radius 1 is 1.02 bits per heavy atom. The number of carbonyl (C=O) groups is 4. The van der Waals surface area contributed by atoms with Crippen molar-refractivity contribution >= 4 is 23.6 Å². The minimum atomic E-state index is -2.66. The van der Waals surface area contributed by atoms with Gasteiger partial charge in [-0.05, 0) is 31.4 Å². The Kier molecular flexibility index (Phi) is 12.1. The van der Waals surface area contributed by atoms with Crippen molar-refractivity contribution in [2.24, 2.45) is 0 Å². The van der Waals surface area contributed by atoms with E-state index >= 15 is 0 Å². The molecule has 0 unspecified atom stereocenters. The van der Waals surface area contributed by atoms with Gasteiger partial charge in [-0.2, -0.15) is 0 Å². The fraction of sp³-hybridized carbons (Fsp3) is 0.655. The molecule has 3 N–H and O–H groups in total. The third kappa shape index (κ3) is 10.4. The molecule has 0 spiro atoms. The summed E-state index contributed by atoms with van der Waals surface area (Å²) in [5.41, 5.74) is 0. The lowest BCUT2D eigenvalue weighted by molar-refractivity contribution is -0.145. The zero-order chi connectivity index (χ0) is 30.7. The molecule has 238 valence electrons. The molecule has 0 radical (unpaired) electrons. The van der Waals surface area contributed by atoms with Crippen LogP contribution in [-0.2, 0) is 28.7 Å². The first kappa shape index (κ1) is 32.6. The van der Waals surface area contributed by atoms with Crippen LogP contribution in [0.2, 0.25) is 0 Å². The van der Waals surface area contributed by atoms with Gasteiger partial charge in [0.15, 0.2) is 6.61 Å². The lowest BCUT2D eigenvalue weighted by Gasteiger charge is -2.31. The third-order valence-electron chi connectivity index (χ3n) is 7.75. The number of hydrogen-bond acceptors (Lipinski definition) is 8. The summed E-state index contributed by atoms with van der Waals surface area (Å²) in [6.45, 7) is 0.354. The fourth-order valence-corrected chi connectivity index (χ4v) is 5.45. The van der Waals surface area contributed by atoms with Crippen molar-refractivity contribution in [3.8, 4) is 5.75 Å². The van der Waals surface area contributed by atoms with Crippen LogP contribution >= 0.6 is 0 Å². The van der Waals surface area contributed by atoms with Crippen molar-refractivity contribution in [3.05, 3.63) is 30.3 Å². The molecule has 3 aliphatic rings. The summed E-state index contributed by atoms with van der Waals surface area (Å²) in [6, 6.07) is 7.69. The molecule has 1 saturated carbocycles. The monoisotopic (exact) mass is 609 g/mol. The van der Waals surface area contributed by atoms with Gasteiger partial charge in [0.05, 0.1) is 26.4 Å². The molecule has 2 heterocycles. The van der Waals surface area contributed by atoms with Crippen LogP contribution in [0.3, 0.4) is 0 Å². The summed E-state index contributed by atoms with van der Waals surface area (Å²) in [5, 5.41) is 8.87. The van der Waals surface area contributed by atoms with Crippen molar-refractivity contribution in [3.63, 3.8) is 0 Å². The number of ether oxygens (including phenoxy) is 3. The molecule has 43 heavy (non-hydrogen) atoms. The number of benzene rings is 1. The van der Waals surface area contributed by atoms with Gasteiger partial charge in [-0.15, -0.1) is 0 Å². The molecule has 14 heteroatoms. The second-order valence-corrected chi connectivity index (χ2v) is 11.0. The Morgan fingerprint density at radius 3 is 2.53 bits per heavy atom. The molecule has 2 saturated heterocycles. The number of hydrogen-bond donors (Lipinski definition) is 3. The summed E-state index contributed by atoms with van der Waals surface area (Å²) in [7, 11) is 0. The second kappa shape index (κ2) is 15.9. The van der Waals surface area contributed by atoms with E-state index in [0.29, 0.717) is 25.0 Å². The molecule has 12 nitrogen and oxygen atoms in total. The van der Waals surface area contributed by atoms with Gasteiger partial charge in [0.1, 0.15) is 18.4 Å². The number of amides is 4. The van der Waals surface area contributed by atoms with Gasteiger partial charge in [0.25, 0.3) is 5.91 Å². The number of rotatable bonds is 8. The summed E-state index contributed by atoms with van der Waals surface area (Å²) in [5.74, 6) is -3.72. The van der Waals surface area contributed by atoms with Crippen LogP contribution in [0.4, 0.5) is 8.78 Å². The summed E-state index contributed by atoms with van der Waals surface area (Å²) in [4.78, 5) is 54.7. The molecule has 1 aromatic carbocycles. The van der Waals surface area contributed by atoms with Crippen molar-refractivity contribution in [2.45, 2.75) is 56.2 Å². The van der Waals surface area contributed by atoms with Crippen molar-refractivity contribution < 1.29 is 42.2 Å². The minimum absolute atomic E-state index is 0.0319. The summed E-state index contributed by atoms with van der Waals surface area (Å²) >= 11 is 0. The zero-order valence-electron chi connectivity index (χ0n) is 24.2. The highest BCUT2D eigenvalue weighted by Gasteiger charge is 2.42. The molecule has 3 fully saturated rings. The molecule has 2 aliphatic heterocycles. The topological polar surface area (TPSA) is 139 Å². The minimum Gasteiger partial charge on any atom is -0.484 e. The van der Waals surface area contributed by atoms with Crippen molar-refractivity contribution in [1.82, 2.24) is 25.8 Å². The summed E-state index contributed by atoms with van der Waals surface area (Å²) in [6.07, 6.45) is 0.557. The molecule has 1 aliphatic carbocycles. The van der Waals surface area contributed by atoms with Gasteiger partial charge in [-0.1, -0.05) is 18.2 Å². The smallest absolute Gasteiger partial charge is 0.258 e. The maximum absolute atomic E-state index is 13.6. The maximum atomic E-state index is 13.6. The normalized spacial score (nSPS) is 24.5. The molecule has 4 amide bonds. The highest BCUT2D eigenvalue weighted by molar-refractivity contribution is 5.91. The number of halogens is 2. The lowest BCUT2D eigenvalue weighted by atomic mass is 9.91. The quantitative estimate of drug-likeness (QED) is 0.383. The van der Waals surface area contributed by atoms with Crippen LogP contribution in [-0.4, -0.2) is 123 Å². The number of carbonyl (C=O) groups excluding carboxylic acids is 4. The lowest BCUT2D eigenvalue weighted by Crippen LogP contribution is -2.51. The molecular formula is C29H41F2N5O7. The Labute approximate surface area is 249 Å². The first-order valence-corrected chi connectivity index (χ1v) is 14.8. The van der Waals surface area contributed by atoms with Gasteiger partial charge in [-0.3, -0.25) is 19.2 Å². The maximum Gasteiger partial charge on any atom is 0.258 e. The van der Waals surface area contributed by atoms with E-state index in [1.165, 1.54) is 9.80 Å². The average molecular weight is 610 g/mol. The number of fused-ring (bicyclic) bond motifs is 1. The van der Waals surface area contributed by atoms with Crippen LogP contribution in [0, 0.1) is 0 Å². The second-order valence-electron chi connectivity index (χ2n) is 11.0. The van der Waals surface area contributed by atoms with E-state index < -0.39 is 23.8 Å². The van der Waals surface area contributed by atoms with E-state index in [-0.39, 0.29) is 102 Å². The van der Waals surface area contributed by atoms with Crippen LogP contribution in [0.15, 0.2) is 30.3 Å². The predicted octanol–water partition coefficient (Wildman–Crippen LogP) is 0.310. The predicted molar refractivity (Wildman–Crippen MR) is 150 cm³/mol. The number of para-hydroxylation sites is 1. The van der Waals surface area contributed by atoms with Gasteiger partial charge in [0.2, 0.25) is 23.6 Å². The highest BCUT2D eigenvalue weighted by Crippen LogP contribution is 2.33. The highest BCUT2D eigenvalue weighted by atomic mass is 19.3. The number of nitrogens with one attached hydrogen (secondary N) is 3. The number of nitrogens with zero attached hydrogens (tertiary/aromatic N) is 2. The molecule has 0 aromatic heterocycles. The Balaban J connectivity index is 1.37. The van der Waals surface area contributed by atoms with E-state index in [1.54, 1.807) is 24.3 Å². The number of alkyl halides is 2. The largest absolute Gasteiger partial charge is 0.484 e. The van der Waals surface area contributed by atoms with Crippen LogP contribution < -0.4 is 20.7 Å².